The standard InChI is InChI=1S/C6H3Cl2NO.CH4/c7-4-1-2-9-5(3-4)6(8)10;/h1-3H;1H4. The highest BCUT2D eigenvalue weighted by molar-refractivity contribution is 6.67. The van der Waals surface area contributed by atoms with Crippen molar-refractivity contribution in [2.24, 2.45) is 0 Å². The summed E-state index contributed by atoms with van der Waals surface area (Å²) in [4.78, 5) is 14.1. The third-order valence-electron chi connectivity index (χ3n) is 0.923. The Labute approximate surface area is 75.2 Å². The predicted molar refractivity (Wildman–Crippen MR) is 46.2 cm³/mol. The van der Waals surface area contributed by atoms with Crippen LogP contribution in [0, 0.1) is 0 Å². The van der Waals surface area contributed by atoms with Crippen molar-refractivity contribution < 1.29 is 4.79 Å². The minimum atomic E-state index is -0.595. The predicted octanol–water partition coefficient (Wildman–Crippen LogP) is 2.75. The molecule has 0 saturated heterocycles. The highest BCUT2D eigenvalue weighted by atomic mass is 35.5. The summed E-state index contributed by atoms with van der Waals surface area (Å²) < 4.78 is 0. The molecule has 0 atom stereocenters. The summed E-state index contributed by atoms with van der Waals surface area (Å²) in [6.07, 6.45) is 1.43. The normalized spacial score (nSPS) is 8.55. The number of pyridine rings is 1. The molecule has 0 bridgehead atoms. The summed E-state index contributed by atoms with van der Waals surface area (Å²) in [7, 11) is 0. The van der Waals surface area contributed by atoms with Crippen LogP contribution in [-0.2, 0) is 0 Å². The summed E-state index contributed by atoms with van der Waals surface area (Å²) in [5, 5.41) is -0.137. The van der Waals surface area contributed by atoms with Crippen LogP contribution >= 0.6 is 23.2 Å². The Hall–Kier alpha value is -0.600. The highest BCUT2D eigenvalue weighted by Gasteiger charge is 2.01. The van der Waals surface area contributed by atoms with E-state index in [9.17, 15) is 4.79 Å². The van der Waals surface area contributed by atoms with Crippen LogP contribution in [0.4, 0.5) is 0 Å². The SMILES string of the molecule is C.O=C(Cl)c1cc(Cl)ccn1. The first kappa shape index (κ1) is 10.4. The molecule has 0 saturated carbocycles. The van der Waals surface area contributed by atoms with Gasteiger partial charge in [-0.2, -0.15) is 0 Å². The van der Waals surface area contributed by atoms with Crippen molar-refractivity contribution in [3.8, 4) is 0 Å². The van der Waals surface area contributed by atoms with Gasteiger partial charge in [0.2, 0.25) is 0 Å². The quantitative estimate of drug-likeness (QED) is 0.640. The van der Waals surface area contributed by atoms with E-state index >= 15 is 0 Å². The number of hydrogen-bond acceptors (Lipinski definition) is 2. The van der Waals surface area contributed by atoms with Gasteiger partial charge in [0.05, 0.1) is 0 Å². The van der Waals surface area contributed by atoms with Crippen LogP contribution in [0.3, 0.4) is 0 Å². The van der Waals surface area contributed by atoms with Gasteiger partial charge in [-0.05, 0) is 23.7 Å². The van der Waals surface area contributed by atoms with E-state index in [4.69, 9.17) is 23.2 Å². The van der Waals surface area contributed by atoms with Crippen molar-refractivity contribution in [2.45, 2.75) is 7.43 Å². The van der Waals surface area contributed by atoms with Gasteiger partial charge < -0.3 is 0 Å². The Morgan fingerprint density at radius 2 is 2.18 bits per heavy atom. The van der Waals surface area contributed by atoms with E-state index < -0.39 is 5.24 Å². The second-order valence-corrected chi connectivity index (χ2v) is 2.41. The minimum Gasteiger partial charge on any atom is -0.274 e. The summed E-state index contributed by atoms with van der Waals surface area (Å²) in [5.41, 5.74) is 0.175. The van der Waals surface area contributed by atoms with E-state index in [1.54, 1.807) is 6.07 Å². The molecule has 11 heavy (non-hydrogen) atoms. The molecular formula is C7H7Cl2NO. The summed E-state index contributed by atoms with van der Waals surface area (Å²) in [6, 6.07) is 2.99. The van der Waals surface area contributed by atoms with E-state index in [0.29, 0.717) is 5.02 Å². The summed E-state index contributed by atoms with van der Waals surface area (Å²) in [5.74, 6) is 0. The number of rotatable bonds is 1. The second kappa shape index (κ2) is 4.31. The third-order valence-corrected chi connectivity index (χ3v) is 1.35. The van der Waals surface area contributed by atoms with Crippen LogP contribution in [0.2, 0.25) is 5.02 Å². The first-order valence-electron chi connectivity index (χ1n) is 2.51. The monoisotopic (exact) mass is 191 g/mol. The molecule has 0 fully saturated rings. The molecule has 0 spiro atoms. The molecule has 0 aliphatic heterocycles. The molecule has 2 nitrogen and oxygen atoms in total. The Kier molecular flexibility index (Phi) is 4.08. The Morgan fingerprint density at radius 1 is 1.55 bits per heavy atom. The van der Waals surface area contributed by atoms with Crippen LogP contribution < -0.4 is 0 Å². The van der Waals surface area contributed by atoms with Crippen molar-refractivity contribution in [1.82, 2.24) is 4.98 Å². The average Bonchev–Trinajstić information content (AvgIpc) is 1.88. The van der Waals surface area contributed by atoms with Gasteiger partial charge in [-0.1, -0.05) is 19.0 Å². The fourth-order valence-electron chi connectivity index (χ4n) is 0.512. The lowest BCUT2D eigenvalue weighted by Crippen LogP contribution is -1.91. The molecule has 1 aromatic rings. The first-order valence-corrected chi connectivity index (χ1v) is 3.27. The van der Waals surface area contributed by atoms with E-state index in [1.807, 2.05) is 0 Å². The van der Waals surface area contributed by atoms with Gasteiger partial charge in [0.1, 0.15) is 5.69 Å². The van der Waals surface area contributed by atoms with E-state index in [1.165, 1.54) is 12.3 Å². The zero-order valence-corrected chi connectivity index (χ0v) is 6.36. The molecule has 60 valence electrons. The van der Waals surface area contributed by atoms with Gasteiger partial charge in [0.25, 0.3) is 5.24 Å². The lowest BCUT2D eigenvalue weighted by Gasteiger charge is -1.90. The molecule has 0 aromatic carbocycles. The molecule has 0 amide bonds. The topological polar surface area (TPSA) is 30.0 Å². The van der Waals surface area contributed by atoms with E-state index in [2.05, 4.69) is 4.98 Å². The minimum absolute atomic E-state index is 0. The second-order valence-electron chi connectivity index (χ2n) is 1.63. The van der Waals surface area contributed by atoms with Crippen molar-refractivity contribution in [3.63, 3.8) is 0 Å². The Bertz CT molecular complexity index is 262. The molecule has 1 heterocycles. The van der Waals surface area contributed by atoms with Gasteiger partial charge in [0, 0.05) is 11.2 Å². The number of aromatic nitrogens is 1. The van der Waals surface area contributed by atoms with Crippen LogP contribution in [0.1, 0.15) is 17.9 Å². The molecule has 4 heteroatoms. The van der Waals surface area contributed by atoms with Crippen molar-refractivity contribution in [2.75, 3.05) is 0 Å². The maximum absolute atomic E-state index is 10.4. The van der Waals surface area contributed by atoms with Crippen LogP contribution in [0.15, 0.2) is 18.3 Å². The van der Waals surface area contributed by atoms with Crippen LogP contribution in [0.25, 0.3) is 0 Å². The van der Waals surface area contributed by atoms with Gasteiger partial charge in [-0.3, -0.25) is 9.78 Å². The van der Waals surface area contributed by atoms with Gasteiger partial charge in [-0.25, -0.2) is 0 Å². The van der Waals surface area contributed by atoms with Crippen molar-refractivity contribution >= 4 is 28.4 Å². The summed E-state index contributed by atoms with van der Waals surface area (Å²) in [6.45, 7) is 0. The lowest BCUT2D eigenvalue weighted by molar-refractivity contribution is 0.107. The van der Waals surface area contributed by atoms with Gasteiger partial charge in [0.15, 0.2) is 0 Å². The third kappa shape index (κ3) is 2.87. The molecule has 0 N–H and O–H groups in total. The fourth-order valence-corrected chi connectivity index (χ4v) is 0.775. The molecule has 0 radical (unpaired) electrons. The van der Waals surface area contributed by atoms with Crippen LogP contribution in [0.5, 0.6) is 0 Å². The largest absolute Gasteiger partial charge is 0.274 e. The Morgan fingerprint density at radius 3 is 2.55 bits per heavy atom. The van der Waals surface area contributed by atoms with Gasteiger partial charge in [-0.15, -0.1) is 0 Å². The zero-order chi connectivity index (χ0) is 7.56. The fraction of sp³-hybridized carbons (Fsp3) is 0.143. The number of nitrogens with zero attached hydrogens (tertiary/aromatic N) is 1. The average molecular weight is 192 g/mol. The highest BCUT2D eigenvalue weighted by Crippen LogP contribution is 2.09. The number of carbonyl (C=O) groups excluding carboxylic acids is 1. The molecule has 0 aliphatic rings. The van der Waals surface area contributed by atoms with E-state index in [-0.39, 0.29) is 13.1 Å². The molecule has 0 unspecified atom stereocenters. The molecule has 1 rings (SSSR count). The summed E-state index contributed by atoms with van der Waals surface area (Å²) >= 11 is 10.7. The Balaban J connectivity index is 0.000001000. The lowest BCUT2D eigenvalue weighted by atomic mass is 10.4. The maximum atomic E-state index is 10.4. The smallest absolute Gasteiger partial charge is 0.270 e. The molecule has 1 aromatic heterocycles. The molecular weight excluding hydrogens is 185 g/mol. The van der Waals surface area contributed by atoms with E-state index in [0.717, 1.165) is 0 Å². The van der Waals surface area contributed by atoms with Crippen molar-refractivity contribution in [1.29, 1.82) is 0 Å². The maximum Gasteiger partial charge on any atom is 0.270 e. The first-order chi connectivity index (χ1) is 4.70. The number of hydrogen-bond donors (Lipinski definition) is 0. The van der Waals surface area contributed by atoms with Gasteiger partial charge >= 0.3 is 0 Å². The number of carbonyl (C=O) groups is 1. The zero-order valence-electron chi connectivity index (χ0n) is 4.84. The number of halogens is 2. The molecule has 0 aliphatic carbocycles. The van der Waals surface area contributed by atoms with Crippen LogP contribution in [-0.4, -0.2) is 10.2 Å². The van der Waals surface area contributed by atoms with Crippen molar-refractivity contribution in [3.05, 3.63) is 29.0 Å².